The van der Waals surface area contributed by atoms with Crippen LogP contribution in [0.5, 0.6) is 0 Å². The van der Waals surface area contributed by atoms with Crippen molar-refractivity contribution >= 4 is 47.1 Å². The van der Waals surface area contributed by atoms with E-state index in [1.54, 1.807) is 36.4 Å². The molecule has 9 nitrogen and oxygen atoms in total. The Hall–Kier alpha value is -3.30. The lowest BCUT2D eigenvalue weighted by molar-refractivity contribution is -0.143. The Morgan fingerprint density at radius 3 is 2.29 bits per heavy atom. The molecule has 2 unspecified atom stereocenters. The summed E-state index contributed by atoms with van der Waals surface area (Å²) in [7, 11) is 0. The monoisotopic (exact) mass is 617 g/mol. The number of ether oxygens (including phenoxy) is 1. The summed E-state index contributed by atoms with van der Waals surface area (Å²) in [5.41, 5.74) is 1.52. The van der Waals surface area contributed by atoms with Gasteiger partial charge in [-0.25, -0.2) is 9.59 Å². The maximum Gasteiger partial charge on any atom is 0.408 e. The van der Waals surface area contributed by atoms with Crippen molar-refractivity contribution in [1.82, 2.24) is 16.0 Å². The van der Waals surface area contributed by atoms with E-state index in [1.807, 2.05) is 12.1 Å². The molecule has 1 saturated heterocycles. The predicted octanol–water partition coefficient (Wildman–Crippen LogP) is 5.44. The molecule has 1 saturated carbocycles. The minimum Gasteiger partial charge on any atom is -0.480 e. The smallest absolute Gasteiger partial charge is 0.408 e. The van der Waals surface area contributed by atoms with Crippen molar-refractivity contribution in [2.24, 2.45) is 11.8 Å². The summed E-state index contributed by atoms with van der Waals surface area (Å²) in [6.07, 6.45) is 4.66. The van der Waals surface area contributed by atoms with E-state index in [0.717, 1.165) is 37.7 Å². The third-order valence-corrected chi connectivity index (χ3v) is 8.45. The Morgan fingerprint density at radius 2 is 1.64 bits per heavy atom. The van der Waals surface area contributed by atoms with Gasteiger partial charge < -0.3 is 25.8 Å². The van der Waals surface area contributed by atoms with Crippen LogP contribution in [0.4, 0.5) is 4.79 Å². The first-order valence-electron chi connectivity index (χ1n) is 14.5. The number of alkyl carbamates (subject to hydrolysis) is 1. The Bertz CT molecular complexity index is 1270. The topological polar surface area (TPSA) is 134 Å². The summed E-state index contributed by atoms with van der Waals surface area (Å²) in [5.74, 6) is -2.36. The van der Waals surface area contributed by atoms with Gasteiger partial charge in [-0.05, 0) is 60.6 Å². The lowest BCUT2D eigenvalue weighted by Gasteiger charge is -2.28. The number of hydrogen-bond donors (Lipinski definition) is 4. The van der Waals surface area contributed by atoms with E-state index < -0.39 is 42.1 Å². The van der Waals surface area contributed by atoms with E-state index in [4.69, 9.17) is 27.9 Å². The highest BCUT2D eigenvalue weighted by Crippen LogP contribution is 2.29. The summed E-state index contributed by atoms with van der Waals surface area (Å²) in [6, 6.07) is 12.0. The molecule has 3 amide bonds. The number of nitrogens with one attached hydrogen (secondary N) is 3. The first-order chi connectivity index (χ1) is 20.2. The van der Waals surface area contributed by atoms with Crippen LogP contribution < -0.4 is 16.0 Å². The number of carbonyl (C=O) groups excluding carboxylic acids is 3. The minimum atomic E-state index is -1.26. The van der Waals surface area contributed by atoms with Crippen molar-refractivity contribution in [3.05, 3.63) is 69.7 Å². The molecule has 4 N–H and O–H groups in total. The highest BCUT2D eigenvalue weighted by molar-refractivity contribution is 6.30. The minimum absolute atomic E-state index is 0.0238. The average molecular weight is 619 g/mol. The second kappa shape index (κ2) is 15.3. The van der Waals surface area contributed by atoms with Crippen molar-refractivity contribution in [3.63, 3.8) is 0 Å². The number of carbonyl (C=O) groups is 4. The van der Waals surface area contributed by atoms with Crippen LogP contribution in [-0.4, -0.2) is 47.6 Å². The fraction of sp³-hybridized carbons (Fsp3) is 0.484. The lowest BCUT2D eigenvalue weighted by atomic mass is 9.84. The standard InChI is InChI=1S/C31H37Cl2N3O6/c32-23-10-4-8-20(14-23)16-27(21-9-5-11-24(33)17-21)42-31(41)36-25(15-19-6-2-1-3-7-19)29(38)35-26(30(39)40)18-22-12-13-34-28(22)37/h4-5,8-11,14,17,19,22,25-27H,1-3,6-7,12-13,15-16,18H2,(H,34,37)(H,35,38)(H,36,41)(H,39,40)/t22?,25-,26-,27?/m0/s1. The van der Waals surface area contributed by atoms with Crippen LogP contribution in [0.1, 0.15) is 68.6 Å². The number of carboxylic acid groups (broad SMARTS) is 1. The van der Waals surface area contributed by atoms with Gasteiger partial charge in [0.2, 0.25) is 11.8 Å². The SMILES string of the molecule is O=C(N[C@@H](CC1CCCCC1)C(=O)N[C@@H](CC1CCNC1=O)C(=O)O)OC(Cc1cccc(Cl)c1)c1cccc(Cl)c1. The zero-order valence-corrected chi connectivity index (χ0v) is 24.8. The van der Waals surface area contributed by atoms with Gasteiger partial charge in [0.05, 0.1) is 0 Å². The van der Waals surface area contributed by atoms with Gasteiger partial charge in [0.25, 0.3) is 0 Å². The molecule has 2 fully saturated rings. The van der Waals surface area contributed by atoms with Crippen LogP contribution in [0, 0.1) is 11.8 Å². The normalized spacial score (nSPS) is 19.3. The molecule has 0 bridgehead atoms. The van der Waals surface area contributed by atoms with Gasteiger partial charge in [-0.3, -0.25) is 9.59 Å². The number of rotatable bonds is 12. The highest BCUT2D eigenvalue weighted by atomic mass is 35.5. The van der Waals surface area contributed by atoms with Gasteiger partial charge in [-0.1, -0.05) is 79.6 Å². The molecule has 0 aromatic heterocycles. The second-order valence-corrected chi connectivity index (χ2v) is 12.0. The molecule has 2 aromatic rings. The first kappa shape index (κ1) is 31.6. The molecule has 2 aromatic carbocycles. The van der Waals surface area contributed by atoms with E-state index >= 15 is 0 Å². The van der Waals surface area contributed by atoms with Crippen LogP contribution >= 0.6 is 23.2 Å². The first-order valence-corrected chi connectivity index (χ1v) is 15.2. The molecule has 4 atom stereocenters. The molecule has 1 aliphatic heterocycles. The number of halogens is 2. The van der Waals surface area contributed by atoms with Crippen LogP contribution in [0.3, 0.4) is 0 Å². The average Bonchev–Trinajstić information content (AvgIpc) is 3.36. The Balaban J connectivity index is 1.49. The van der Waals surface area contributed by atoms with Crippen molar-refractivity contribution in [1.29, 1.82) is 0 Å². The van der Waals surface area contributed by atoms with E-state index in [1.165, 1.54) is 0 Å². The zero-order chi connectivity index (χ0) is 30.1. The second-order valence-electron chi connectivity index (χ2n) is 11.1. The quantitative estimate of drug-likeness (QED) is 0.251. The number of carboxylic acids is 1. The molecule has 2 aliphatic rings. The molecule has 0 radical (unpaired) electrons. The van der Waals surface area contributed by atoms with Crippen LogP contribution in [0.15, 0.2) is 48.5 Å². The summed E-state index contributed by atoms with van der Waals surface area (Å²) in [6.45, 7) is 0.477. The molecular weight excluding hydrogens is 581 g/mol. The van der Waals surface area contributed by atoms with E-state index in [2.05, 4.69) is 16.0 Å². The van der Waals surface area contributed by atoms with E-state index in [9.17, 15) is 24.3 Å². The fourth-order valence-corrected chi connectivity index (χ4v) is 6.17. The lowest BCUT2D eigenvalue weighted by Crippen LogP contribution is -2.53. The molecule has 4 rings (SSSR count). The van der Waals surface area contributed by atoms with Gasteiger partial charge in [0, 0.05) is 28.9 Å². The van der Waals surface area contributed by atoms with Crippen molar-refractivity contribution in [2.45, 2.75) is 76.0 Å². The number of amides is 3. The Morgan fingerprint density at radius 1 is 0.929 bits per heavy atom. The zero-order valence-electron chi connectivity index (χ0n) is 23.3. The summed E-state index contributed by atoms with van der Waals surface area (Å²) < 4.78 is 5.88. The van der Waals surface area contributed by atoms with Gasteiger partial charge in [0.15, 0.2) is 0 Å². The Labute approximate surface area is 255 Å². The Kier molecular flexibility index (Phi) is 11.5. The number of aliphatic carboxylic acids is 1. The summed E-state index contributed by atoms with van der Waals surface area (Å²) >= 11 is 12.4. The highest BCUT2D eigenvalue weighted by Gasteiger charge is 2.34. The summed E-state index contributed by atoms with van der Waals surface area (Å²) in [4.78, 5) is 50.9. The summed E-state index contributed by atoms with van der Waals surface area (Å²) in [5, 5.41) is 18.8. The number of hydrogen-bond acceptors (Lipinski definition) is 5. The van der Waals surface area contributed by atoms with Crippen molar-refractivity contribution < 1.29 is 29.0 Å². The molecular formula is C31H37Cl2N3O6. The number of benzene rings is 2. The van der Waals surface area contributed by atoms with Crippen LogP contribution in [0.2, 0.25) is 10.0 Å². The van der Waals surface area contributed by atoms with Gasteiger partial charge >= 0.3 is 12.1 Å². The van der Waals surface area contributed by atoms with Gasteiger partial charge in [0.1, 0.15) is 18.2 Å². The third kappa shape index (κ3) is 9.36. The molecule has 1 aliphatic carbocycles. The van der Waals surface area contributed by atoms with Crippen molar-refractivity contribution in [2.75, 3.05) is 6.54 Å². The van der Waals surface area contributed by atoms with Crippen molar-refractivity contribution in [3.8, 4) is 0 Å². The molecule has 1 heterocycles. The predicted molar refractivity (Wildman–Crippen MR) is 159 cm³/mol. The molecule has 42 heavy (non-hydrogen) atoms. The largest absolute Gasteiger partial charge is 0.480 e. The maximum atomic E-state index is 13.5. The molecule has 0 spiro atoms. The molecule has 11 heteroatoms. The van der Waals surface area contributed by atoms with E-state index in [-0.39, 0.29) is 18.2 Å². The molecule has 226 valence electrons. The van der Waals surface area contributed by atoms with Crippen LogP contribution in [0.25, 0.3) is 0 Å². The van der Waals surface area contributed by atoms with Gasteiger partial charge in [-0.15, -0.1) is 0 Å². The third-order valence-electron chi connectivity index (χ3n) is 7.98. The maximum absolute atomic E-state index is 13.5. The fourth-order valence-electron chi connectivity index (χ4n) is 5.75. The van der Waals surface area contributed by atoms with Crippen LogP contribution in [-0.2, 0) is 25.5 Å². The van der Waals surface area contributed by atoms with E-state index in [0.29, 0.717) is 41.4 Å². The van der Waals surface area contributed by atoms with Gasteiger partial charge in [-0.2, -0.15) is 0 Å².